The van der Waals surface area contributed by atoms with Gasteiger partial charge in [-0.25, -0.2) is 13.6 Å². The zero-order chi connectivity index (χ0) is 16.1. The van der Waals surface area contributed by atoms with E-state index in [2.05, 4.69) is 32.9 Å². The lowest BCUT2D eigenvalue weighted by Crippen LogP contribution is -2.21. The smallest absolute Gasteiger partial charge is 0.211 e. The first-order chi connectivity index (χ1) is 9.59. The van der Waals surface area contributed by atoms with E-state index in [4.69, 9.17) is 14.6 Å². The van der Waals surface area contributed by atoms with E-state index >= 15 is 0 Å². The fraction of sp³-hybridized carbons (Fsp3) is 0.600. The van der Waals surface area contributed by atoms with Crippen molar-refractivity contribution in [1.29, 1.82) is 0 Å². The minimum Gasteiger partial charge on any atom is -0.491 e. The second-order valence-electron chi connectivity index (χ2n) is 6.06. The monoisotopic (exact) mass is 315 g/mol. The van der Waals surface area contributed by atoms with E-state index in [1.54, 1.807) is 0 Å². The Labute approximate surface area is 127 Å². The highest BCUT2D eigenvalue weighted by molar-refractivity contribution is 7.89. The second kappa shape index (κ2) is 7.24. The number of hydrogen-bond acceptors (Lipinski definition) is 4. The van der Waals surface area contributed by atoms with Gasteiger partial charge < -0.3 is 9.47 Å². The molecular formula is C15H25NO4S. The zero-order valence-corrected chi connectivity index (χ0v) is 14.0. The fourth-order valence-corrected chi connectivity index (χ4v) is 2.12. The van der Waals surface area contributed by atoms with Crippen LogP contribution in [0.5, 0.6) is 5.75 Å². The molecule has 5 nitrogen and oxygen atoms in total. The first kappa shape index (κ1) is 17.9. The summed E-state index contributed by atoms with van der Waals surface area (Å²) in [6.07, 6.45) is 0. The van der Waals surface area contributed by atoms with Crippen molar-refractivity contribution in [3.8, 4) is 5.75 Å². The van der Waals surface area contributed by atoms with Gasteiger partial charge in [-0.05, 0) is 29.5 Å². The summed E-state index contributed by atoms with van der Waals surface area (Å²) in [5.41, 5.74) is 2.45. The predicted molar refractivity (Wildman–Crippen MR) is 84.2 cm³/mol. The first-order valence-corrected chi connectivity index (χ1v) is 8.63. The Balaban J connectivity index is 2.40. The lowest BCUT2D eigenvalue weighted by molar-refractivity contribution is 0.111. The molecule has 0 bridgehead atoms. The van der Waals surface area contributed by atoms with E-state index in [1.165, 1.54) is 5.56 Å². The average Bonchev–Trinajstić information content (AvgIpc) is 2.32. The van der Waals surface area contributed by atoms with Gasteiger partial charge in [0.05, 0.1) is 19.0 Å². The summed E-state index contributed by atoms with van der Waals surface area (Å²) < 4.78 is 32.2. The van der Waals surface area contributed by atoms with Crippen molar-refractivity contribution in [2.75, 3.05) is 25.6 Å². The molecule has 0 aliphatic heterocycles. The molecule has 120 valence electrons. The third kappa shape index (κ3) is 6.93. The first-order valence-electron chi connectivity index (χ1n) is 6.92. The quantitative estimate of drug-likeness (QED) is 0.780. The molecule has 0 spiro atoms. The van der Waals surface area contributed by atoms with Crippen molar-refractivity contribution in [1.82, 2.24) is 0 Å². The van der Waals surface area contributed by atoms with Gasteiger partial charge in [-0.3, -0.25) is 0 Å². The van der Waals surface area contributed by atoms with Crippen molar-refractivity contribution in [2.45, 2.75) is 33.1 Å². The number of primary sulfonamides is 1. The van der Waals surface area contributed by atoms with E-state index in [0.717, 1.165) is 11.3 Å². The summed E-state index contributed by atoms with van der Waals surface area (Å²) in [6.45, 7) is 9.30. The van der Waals surface area contributed by atoms with Crippen molar-refractivity contribution >= 4 is 10.0 Å². The fourth-order valence-electron chi connectivity index (χ4n) is 1.77. The van der Waals surface area contributed by atoms with Crippen LogP contribution in [0.3, 0.4) is 0 Å². The van der Waals surface area contributed by atoms with Crippen LogP contribution in [0.15, 0.2) is 18.2 Å². The summed E-state index contributed by atoms with van der Waals surface area (Å²) in [6, 6.07) is 6.14. The number of rotatable bonds is 7. The highest BCUT2D eigenvalue weighted by Gasteiger charge is 2.14. The standard InChI is InChI=1S/C15H25NO4S/c1-12-11-13(15(2,3)4)5-6-14(12)20-8-7-19-9-10-21(16,17)18/h5-6,11H,7-10H2,1-4H3,(H2,16,17,18). The molecule has 2 N–H and O–H groups in total. The molecule has 0 aliphatic carbocycles. The molecule has 0 fully saturated rings. The number of benzene rings is 1. The molecule has 0 unspecified atom stereocenters. The third-order valence-electron chi connectivity index (χ3n) is 3.04. The molecule has 1 aromatic rings. The predicted octanol–water partition coefficient (Wildman–Crippen LogP) is 1.98. The van der Waals surface area contributed by atoms with E-state index in [-0.39, 0.29) is 17.8 Å². The van der Waals surface area contributed by atoms with E-state index in [9.17, 15) is 8.42 Å². The van der Waals surface area contributed by atoms with Crippen LogP contribution in [0.25, 0.3) is 0 Å². The van der Waals surface area contributed by atoms with Gasteiger partial charge in [0.1, 0.15) is 12.4 Å². The van der Waals surface area contributed by atoms with Gasteiger partial charge in [-0.1, -0.05) is 32.9 Å². The zero-order valence-electron chi connectivity index (χ0n) is 13.2. The highest BCUT2D eigenvalue weighted by Crippen LogP contribution is 2.27. The van der Waals surface area contributed by atoms with Crippen LogP contribution in [0, 0.1) is 6.92 Å². The Morgan fingerprint density at radius 1 is 1.14 bits per heavy atom. The van der Waals surface area contributed by atoms with E-state index in [1.807, 2.05) is 13.0 Å². The molecule has 0 saturated carbocycles. The van der Waals surface area contributed by atoms with Crippen LogP contribution < -0.4 is 9.88 Å². The largest absolute Gasteiger partial charge is 0.491 e. The summed E-state index contributed by atoms with van der Waals surface area (Å²) in [5, 5.41) is 4.87. The molecular weight excluding hydrogens is 290 g/mol. The Morgan fingerprint density at radius 2 is 1.81 bits per heavy atom. The topological polar surface area (TPSA) is 78.6 Å². The lowest BCUT2D eigenvalue weighted by atomic mass is 9.86. The molecule has 0 heterocycles. The average molecular weight is 315 g/mol. The summed E-state index contributed by atoms with van der Waals surface area (Å²) in [4.78, 5) is 0. The molecule has 0 saturated heterocycles. The minimum atomic E-state index is -3.45. The molecule has 1 rings (SSSR count). The molecule has 0 radical (unpaired) electrons. The van der Waals surface area contributed by atoms with Crippen LogP contribution in [0.4, 0.5) is 0 Å². The Bertz CT molecular complexity index is 562. The van der Waals surface area contributed by atoms with Crippen molar-refractivity contribution in [3.63, 3.8) is 0 Å². The van der Waals surface area contributed by atoms with Gasteiger partial charge in [-0.15, -0.1) is 0 Å². The number of hydrogen-bond donors (Lipinski definition) is 1. The number of aryl methyl sites for hydroxylation is 1. The van der Waals surface area contributed by atoms with Crippen molar-refractivity contribution in [3.05, 3.63) is 29.3 Å². The molecule has 0 aromatic heterocycles. The summed E-state index contributed by atoms with van der Waals surface area (Å²) in [7, 11) is -3.45. The minimum absolute atomic E-state index is 0.0874. The Morgan fingerprint density at radius 3 is 2.33 bits per heavy atom. The Hall–Kier alpha value is -1.11. The maximum absolute atomic E-state index is 10.7. The van der Waals surface area contributed by atoms with Crippen LogP contribution in [0.1, 0.15) is 31.9 Å². The SMILES string of the molecule is Cc1cc(C(C)(C)C)ccc1OCCOCCS(N)(=O)=O. The van der Waals surface area contributed by atoms with Crippen LogP contribution in [-0.2, 0) is 20.2 Å². The van der Waals surface area contributed by atoms with Crippen LogP contribution >= 0.6 is 0 Å². The molecule has 6 heteroatoms. The highest BCUT2D eigenvalue weighted by atomic mass is 32.2. The van der Waals surface area contributed by atoms with Gasteiger partial charge in [0.15, 0.2) is 0 Å². The molecule has 0 atom stereocenters. The van der Waals surface area contributed by atoms with Gasteiger partial charge >= 0.3 is 0 Å². The van der Waals surface area contributed by atoms with Gasteiger partial charge in [0, 0.05) is 0 Å². The molecule has 1 aromatic carbocycles. The normalized spacial score (nSPS) is 12.4. The molecule has 0 aliphatic rings. The number of nitrogens with two attached hydrogens (primary N) is 1. The Kier molecular flexibility index (Phi) is 6.19. The number of sulfonamides is 1. The second-order valence-corrected chi connectivity index (χ2v) is 7.79. The third-order valence-corrected chi connectivity index (χ3v) is 3.77. The van der Waals surface area contributed by atoms with E-state index < -0.39 is 10.0 Å². The lowest BCUT2D eigenvalue weighted by Gasteiger charge is -2.20. The van der Waals surface area contributed by atoms with E-state index in [0.29, 0.717) is 13.2 Å². The van der Waals surface area contributed by atoms with Gasteiger partial charge in [-0.2, -0.15) is 0 Å². The van der Waals surface area contributed by atoms with Crippen molar-refractivity contribution < 1.29 is 17.9 Å². The van der Waals surface area contributed by atoms with Gasteiger partial charge in [0.2, 0.25) is 10.0 Å². The summed E-state index contributed by atoms with van der Waals surface area (Å²) >= 11 is 0. The van der Waals surface area contributed by atoms with Crippen LogP contribution in [0.2, 0.25) is 0 Å². The maximum Gasteiger partial charge on any atom is 0.211 e. The molecule has 21 heavy (non-hydrogen) atoms. The maximum atomic E-state index is 10.7. The van der Waals surface area contributed by atoms with Crippen molar-refractivity contribution in [2.24, 2.45) is 5.14 Å². The number of ether oxygens (including phenoxy) is 2. The summed E-state index contributed by atoms with van der Waals surface area (Å²) in [5.74, 6) is 0.643. The molecule has 0 amide bonds. The van der Waals surface area contributed by atoms with Gasteiger partial charge in [0.25, 0.3) is 0 Å². The van der Waals surface area contributed by atoms with Crippen LogP contribution in [-0.4, -0.2) is 34.0 Å².